The maximum atomic E-state index is 12.0. The summed E-state index contributed by atoms with van der Waals surface area (Å²) in [6, 6.07) is 9.53. The number of hydrogen-bond acceptors (Lipinski definition) is 2. The Morgan fingerprint density at radius 3 is 2.70 bits per heavy atom. The van der Waals surface area contributed by atoms with Gasteiger partial charge in [0.2, 0.25) is 0 Å². The Hall–Kier alpha value is -1.51. The van der Waals surface area contributed by atoms with Crippen LogP contribution in [0.25, 0.3) is 0 Å². The fourth-order valence-electron chi connectivity index (χ4n) is 4.95. The number of nitrogens with one attached hydrogen (secondary N) is 1. The van der Waals surface area contributed by atoms with E-state index in [4.69, 9.17) is 4.74 Å². The van der Waals surface area contributed by atoms with Crippen molar-refractivity contribution < 1.29 is 9.53 Å². The van der Waals surface area contributed by atoms with Crippen molar-refractivity contribution in [1.29, 1.82) is 0 Å². The molecule has 3 fully saturated rings. The maximum absolute atomic E-state index is 12.0. The van der Waals surface area contributed by atoms with Crippen LogP contribution in [0.4, 0.5) is 10.5 Å². The second-order valence-electron chi connectivity index (χ2n) is 6.59. The minimum Gasteiger partial charge on any atom is -0.446 e. The summed E-state index contributed by atoms with van der Waals surface area (Å²) in [4.78, 5) is 12.0. The highest BCUT2D eigenvalue weighted by Crippen LogP contribution is 2.59. The lowest BCUT2D eigenvalue weighted by molar-refractivity contribution is 0.0431. The third kappa shape index (κ3) is 2.00. The fraction of sp³-hybridized carbons (Fsp3) is 0.588. The fourth-order valence-corrected chi connectivity index (χ4v) is 4.95. The molecule has 4 rings (SSSR count). The number of carbonyl (C=O) groups is 1. The number of rotatable bonds is 2. The molecule has 0 unspecified atom stereocenters. The number of ether oxygens (including phenoxy) is 1. The number of benzene rings is 1. The predicted molar refractivity (Wildman–Crippen MR) is 77.4 cm³/mol. The van der Waals surface area contributed by atoms with Crippen LogP contribution in [0.2, 0.25) is 0 Å². The third-order valence-electron chi connectivity index (χ3n) is 5.65. The van der Waals surface area contributed by atoms with Gasteiger partial charge in [0.05, 0.1) is 0 Å². The van der Waals surface area contributed by atoms with Crippen LogP contribution < -0.4 is 5.32 Å². The van der Waals surface area contributed by atoms with Crippen molar-refractivity contribution in [2.24, 2.45) is 23.7 Å². The molecule has 0 heterocycles. The Kier molecular flexibility index (Phi) is 2.94. The first-order chi connectivity index (χ1) is 9.81. The summed E-state index contributed by atoms with van der Waals surface area (Å²) >= 11 is 0. The van der Waals surface area contributed by atoms with E-state index in [0.717, 1.165) is 29.9 Å². The molecule has 1 aromatic rings. The monoisotopic (exact) mass is 271 g/mol. The topological polar surface area (TPSA) is 38.3 Å². The van der Waals surface area contributed by atoms with E-state index in [2.05, 4.69) is 5.32 Å². The summed E-state index contributed by atoms with van der Waals surface area (Å²) in [5, 5.41) is 2.83. The van der Waals surface area contributed by atoms with Gasteiger partial charge in [0, 0.05) is 5.69 Å². The molecule has 3 aliphatic carbocycles. The Balaban J connectivity index is 1.37. The van der Waals surface area contributed by atoms with Crippen molar-refractivity contribution >= 4 is 11.8 Å². The van der Waals surface area contributed by atoms with Gasteiger partial charge >= 0.3 is 6.09 Å². The second-order valence-corrected chi connectivity index (χ2v) is 6.59. The van der Waals surface area contributed by atoms with Gasteiger partial charge in [-0.15, -0.1) is 0 Å². The van der Waals surface area contributed by atoms with Crippen molar-refractivity contribution in [2.75, 3.05) is 5.32 Å². The highest BCUT2D eigenvalue weighted by Gasteiger charge is 2.55. The number of amides is 1. The lowest BCUT2D eigenvalue weighted by Gasteiger charge is -2.31. The zero-order valence-electron chi connectivity index (χ0n) is 11.6. The van der Waals surface area contributed by atoms with Gasteiger partial charge in [-0.1, -0.05) is 24.6 Å². The van der Waals surface area contributed by atoms with E-state index < -0.39 is 0 Å². The molecular formula is C17H21NO2. The van der Waals surface area contributed by atoms with Crippen molar-refractivity contribution in [3.8, 4) is 0 Å². The molecule has 3 saturated carbocycles. The molecule has 5 atom stereocenters. The summed E-state index contributed by atoms with van der Waals surface area (Å²) in [6.45, 7) is 0. The summed E-state index contributed by atoms with van der Waals surface area (Å²) in [5.74, 6) is 3.23. The van der Waals surface area contributed by atoms with E-state index in [0.29, 0.717) is 5.92 Å². The van der Waals surface area contributed by atoms with Crippen LogP contribution in [0.1, 0.15) is 32.1 Å². The van der Waals surface area contributed by atoms with Crippen LogP contribution in [0, 0.1) is 23.7 Å². The molecule has 0 aliphatic heterocycles. The Bertz CT molecular complexity index is 501. The summed E-state index contributed by atoms with van der Waals surface area (Å²) in [5.41, 5.74) is 0.805. The first-order valence-corrected chi connectivity index (χ1v) is 7.84. The van der Waals surface area contributed by atoms with Gasteiger partial charge in [-0.05, 0) is 61.5 Å². The summed E-state index contributed by atoms with van der Waals surface area (Å²) < 4.78 is 5.71. The number of anilines is 1. The van der Waals surface area contributed by atoms with Crippen LogP contribution in [0.15, 0.2) is 30.3 Å². The SMILES string of the molecule is O=C(Nc1ccccc1)O[C@H]1C[C@H]2C[C@H]1[C@H]1CCC[C@@H]21. The molecule has 2 bridgehead atoms. The number of carbonyl (C=O) groups excluding carboxylic acids is 1. The van der Waals surface area contributed by atoms with Crippen molar-refractivity contribution in [2.45, 2.75) is 38.2 Å². The van der Waals surface area contributed by atoms with E-state index in [9.17, 15) is 4.79 Å². The highest BCUT2D eigenvalue weighted by atomic mass is 16.6. The highest BCUT2D eigenvalue weighted by molar-refractivity contribution is 5.84. The number of hydrogen-bond donors (Lipinski definition) is 1. The summed E-state index contributed by atoms with van der Waals surface area (Å²) in [7, 11) is 0. The zero-order valence-corrected chi connectivity index (χ0v) is 11.6. The number of para-hydroxylation sites is 1. The minimum atomic E-state index is -0.289. The van der Waals surface area contributed by atoms with E-state index in [1.165, 1.54) is 25.7 Å². The van der Waals surface area contributed by atoms with Gasteiger partial charge < -0.3 is 4.74 Å². The third-order valence-corrected chi connectivity index (χ3v) is 5.65. The first kappa shape index (κ1) is 12.2. The second kappa shape index (κ2) is 4.80. The quantitative estimate of drug-likeness (QED) is 0.881. The van der Waals surface area contributed by atoms with E-state index in [1.807, 2.05) is 30.3 Å². The normalized spacial score (nSPS) is 37.7. The van der Waals surface area contributed by atoms with Crippen molar-refractivity contribution in [3.63, 3.8) is 0 Å². The lowest BCUT2D eigenvalue weighted by Crippen LogP contribution is -2.33. The van der Waals surface area contributed by atoms with Gasteiger partial charge in [-0.3, -0.25) is 5.32 Å². The van der Waals surface area contributed by atoms with Crippen LogP contribution in [-0.4, -0.2) is 12.2 Å². The van der Waals surface area contributed by atoms with Crippen molar-refractivity contribution in [1.82, 2.24) is 0 Å². The summed E-state index contributed by atoms with van der Waals surface area (Å²) in [6.07, 6.45) is 6.39. The Labute approximate surface area is 119 Å². The molecule has 106 valence electrons. The minimum absolute atomic E-state index is 0.156. The van der Waals surface area contributed by atoms with Gasteiger partial charge in [0.1, 0.15) is 6.10 Å². The Morgan fingerprint density at radius 2 is 1.85 bits per heavy atom. The molecule has 3 heteroatoms. The first-order valence-electron chi connectivity index (χ1n) is 7.84. The largest absolute Gasteiger partial charge is 0.446 e. The van der Waals surface area contributed by atoms with Crippen molar-refractivity contribution in [3.05, 3.63) is 30.3 Å². The molecule has 0 radical (unpaired) electrons. The predicted octanol–water partition coefficient (Wildman–Crippen LogP) is 4.06. The van der Waals surface area contributed by atoms with E-state index in [-0.39, 0.29) is 12.2 Å². The van der Waals surface area contributed by atoms with Crippen LogP contribution in [0.3, 0.4) is 0 Å². The van der Waals surface area contributed by atoms with Crippen LogP contribution in [0.5, 0.6) is 0 Å². The molecular weight excluding hydrogens is 250 g/mol. The zero-order chi connectivity index (χ0) is 13.5. The van der Waals surface area contributed by atoms with E-state index >= 15 is 0 Å². The lowest BCUT2D eigenvalue weighted by atomic mass is 9.80. The van der Waals surface area contributed by atoms with Gasteiger partial charge in [0.15, 0.2) is 0 Å². The molecule has 3 aliphatic rings. The molecule has 3 nitrogen and oxygen atoms in total. The molecule has 20 heavy (non-hydrogen) atoms. The van der Waals surface area contributed by atoms with Gasteiger partial charge in [-0.25, -0.2) is 4.79 Å². The average molecular weight is 271 g/mol. The molecule has 1 N–H and O–H groups in total. The van der Waals surface area contributed by atoms with Crippen LogP contribution in [-0.2, 0) is 4.74 Å². The standard InChI is InChI=1S/C17H21NO2/c19-17(18-12-5-2-1-3-6-12)20-16-10-11-9-15(16)14-8-4-7-13(11)14/h1-3,5-6,11,13-16H,4,7-10H2,(H,18,19)/t11-,13+,14+,15+,16+/m1/s1. The molecule has 0 aromatic heterocycles. The number of fused-ring (bicyclic) bond motifs is 5. The average Bonchev–Trinajstić information content (AvgIpc) is 3.11. The van der Waals surface area contributed by atoms with Gasteiger partial charge in [0.25, 0.3) is 0 Å². The van der Waals surface area contributed by atoms with E-state index in [1.54, 1.807) is 0 Å². The molecule has 1 aromatic carbocycles. The van der Waals surface area contributed by atoms with Gasteiger partial charge in [-0.2, -0.15) is 0 Å². The van der Waals surface area contributed by atoms with Crippen LogP contribution >= 0.6 is 0 Å². The molecule has 0 saturated heterocycles. The molecule has 0 spiro atoms. The Morgan fingerprint density at radius 1 is 1.05 bits per heavy atom. The smallest absolute Gasteiger partial charge is 0.411 e. The molecule has 1 amide bonds. The maximum Gasteiger partial charge on any atom is 0.411 e.